The van der Waals surface area contributed by atoms with Crippen LogP contribution in [0.4, 0.5) is 0 Å². The second-order valence-electron chi connectivity index (χ2n) is 13.8. The zero-order valence-electron chi connectivity index (χ0n) is 31.1. The van der Waals surface area contributed by atoms with Crippen LogP contribution in [-0.4, -0.2) is 96.6 Å². The summed E-state index contributed by atoms with van der Waals surface area (Å²) in [6.45, 7) is 2.98. The monoisotopic (exact) mass is 848 g/mol. The number of carbonyl (C=O) groups is 6. The van der Waals surface area contributed by atoms with E-state index in [0.717, 1.165) is 61.9 Å². The van der Waals surface area contributed by atoms with Gasteiger partial charge in [0.25, 0.3) is 29.2 Å². The van der Waals surface area contributed by atoms with Crippen molar-refractivity contribution in [1.82, 2.24) is 40.8 Å². The molecule has 0 aromatic carbocycles. The standard InChI is InChI=1S/C22H20N4O5S2.C10H16N4O.C6H4O3S/c27-17(15-7-3-11-32-15)21(29)25-9-1-5-13(25)19-23-24-20(31-19)14-6-2-10-26(14)22(30)18(28)16-8-4-12-33-16;1-3-7(11-5-1)9-13-14-10(15-9)8-4-2-6-12-8;7-5(6(8)9)4-2-1-3-10-4/h3-4,7-8,11-14H,1-2,5-6,9-10H2;7-8,11-12H,1-6H2;1-3H,(H,8,9)/t13-,14?;7-,8?;/m00./s1. The summed E-state index contributed by atoms with van der Waals surface area (Å²) in [7, 11) is 0. The molecular weight excluding hydrogens is 809 g/mol. The summed E-state index contributed by atoms with van der Waals surface area (Å²) in [5, 5.41) is 36.6. The van der Waals surface area contributed by atoms with Crippen LogP contribution in [0, 0.1) is 0 Å². The number of carboxylic acids is 1. The molecule has 0 saturated carbocycles. The van der Waals surface area contributed by atoms with Gasteiger partial charge in [-0.3, -0.25) is 24.0 Å². The lowest BCUT2D eigenvalue weighted by atomic mass is 10.2. The van der Waals surface area contributed by atoms with Crippen molar-refractivity contribution >= 4 is 69.1 Å². The Kier molecular flexibility index (Phi) is 13.4. The van der Waals surface area contributed by atoms with Crippen molar-refractivity contribution in [2.24, 2.45) is 0 Å². The second kappa shape index (κ2) is 19.0. The first-order valence-electron chi connectivity index (χ1n) is 18.9. The Balaban J connectivity index is 0.000000167. The van der Waals surface area contributed by atoms with Crippen molar-refractivity contribution in [3.8, 4) is 0 Å². The van der Waals surface area contributed by atoms with Crippen LogP contribution in [0.3, 0.4) is 0 Å². The normalized spacial score (nSPS) is 21.2. The number of hydrogen-bond donors (Lipinski definition) is 3. The second-order valence-corrected chi connectivity index (χ2v) is 16.6. The average Bonchev–Trinajstić information content (AvgIpc) is 4.11. The minimum absolute atomic E-state index is 0.249. The van der Waals surface area contributed by atoms with E-state index < -0.39 is 47.2 Å². The molecule has 0 bridgehead atoms. The smallest absolute Gasteiger partial charge is 0.378 e. The van der Waals surface area contributed by atoms with Gasteiger partial charge >= 0.3 is 5.97 Å². The predicted molar refractivity (Wildman–Crippen MR) is 210 cm³/mol. The summed E-state index contributed by atoms with van der Waals surface area (Å²) in [4.78, 5) is 75.4. The molecule has 20 heteroatoms. The SMILES string of the molecule is C1CNC(c2nnc([C@@H]3CCCN3)o2)C1.O=C(C(=O)N1CCCC1c1nnc([C@@H]2CCCN2C(=O)C(=O)c2cccs2)o1)c1cccs1.O=C(O)C(=O)c1cccs1. The van der Waals surface area contributed by atoms with Gasteiger partial charge < -0.3 is 34.4 Å². The van der Waals surface area contributed by atoms with Crippen LogP contribution in [0.15, 0.2) is 61.4 Å². The summed E-state index contributed by atoms with van der Waals surface area (Å²) in [5.74, 6) is -2.48. The molecule has 9 rings (SSSR count). The fourth-order valence-corrected chi connectivity index (χ4v) is 9.13. The van der Waals surface area contributed by atoms with E-state index in [1.165, 1.54) is 51.4 Å². The number of nitrogens with zero attached hydrogens (tertiary/aromatic N) is 6. The van der Waals surface area contributed by atoms with Crippen molar-refractivity contribution in [3.05, 3.63) is 90.7 Å². The number of hydrogen-bond acceptors (Lipinski definition) is 17. The Bertz CT molecular complexity index is 2070. The lowest BCUT2D eigenvalue weighted by molar-refractivity contribution is -0.132. The van der Waals surface area contributed by atoms with Gasteiger partial charge in [0.15, 0.2) is 0 Å². The predicted octanol–water partition coefficient (Wildman–Crippen LogP) is 5.22. The van der Waals surface area contributed by atoms with Crippen molar-refractivity contribution in [2.45, 2.75) is 75.5 Å². The molecule has 4 aliphatic rings. The Labute approximate surface area is 343 Å². The Morgan fingerprint density at radius 2 is 0.966 bits per heavy atom. The highest BCUT2D eigenvalue weighted by atomic mass is 32.1. The number of amides is 2. The Morgan fingerprint density at radius 3 is 1.33 bits per heavy atom. The molecule has 2 amide bonds. The maximum Gasteiger partial charge on any atom is 0.378 e. The minimum atomic E-state index is -1.40. The quantitative estimate of drug-likeness (QED) is 0.121. The lowest BCUT2D eigenvalue weighted by Gasteiger charge is -2.22. The third-order valence-electron chi connectivity index (χ3n) is 10.0. The third kappa shape index (κ3) is 9.36. The zero-order chi connectivity index (χ0) is 40.6. The van der Waals surface area contributed by atoms with Crippen LogP contribution in [0.1, 0.15) is 128 Å². The summed E-state index contributed by atoms with van der Waals surface area (Å²) in [6.07, 6.45) is 7.27. The summed E-state index contributed by atoms with van der Waals surface area (Å²) >= 11 is 3.58. The van der Waals surface area contributed by atoms with E-state index in [1.807, 2.05) is 0 Å². The number of nitrogens with one attached hydrogen (secondary N) is 2. The molecule has 9 heterocycles. The number of Topliss-reactive ketones (excluding diaryl/α,β-unsaturated/α-hetero) is 3. The zero-order valence-corrected chi connectivity index (χ0v) is 33.6. The molecule has 0 radical (unpaired) electrons. The summed E-state index contributed by atoms with van der Waals surface area (Å²) in [5.41, 5.74) is 0. The van der Waals surface area contributed by atoms with Crippen LogP contribution >= 0.6 is 34.0 Å². The van der Waals surface area contributed by atoms with Crippen LogP contribution < -0.4 is 10.6 Å². The van der Waals surface area contributed by atoms with Crippen molar-refractivity contribution in [3.63, 3.8) is 0 Å². The molecule has 304 valence electrons. The lowest BCUT2D eigenvalue weighted by Crippen LogP contribution is -2.36. The minimum Gasteiger partial charge on any atom is -0.475 e. The molecule has 0 spiro atoms. The highest BCUT2D eigenvalue weighted by Crippen LogP contribution is 2.36. The van der Waals surface area contributed by atoms with E-state index >= 15 is 0 Å². The molecule has 4 fully saturated rings. The van der Waals surface area contributed by atoms with E-state index in [4.69, 9.17) is 13.9 Å². The number of aromatic nitrogens is 4. The van der Waals surface area contributed by atoms with Gasteiger partial charge in [0.05, 0.1) is 26.7 Å². The molecule has 0 aliphatic carbocycles. The van der Waals surface area contributed by atoms with Gasteiger partial charge in [-0.1, -0.05) is 18.2 Å². The van der Waals surface area contributed by atoms with E-state index in [0.29, 0.717) is 35.7 Å². The number of likely N-dealkylation sites (tertiary alicyclic amines) is 2. The third-order valence-corrected chi connectivity index (χ3v) is 12.7. The highest BCUT2D eigenvalue weighted by molar-refractivity contribution is 7.13. The van der Waals surface area contributed by atoms with Gasteiger partial charge in [0.2, 0.25) is 23.6 Å². The van der Waals surface area contributed by atoms with Crippen LogP contribution in [0.2, 0.25) is 0 Å². The van der Waals surface area contributed by atoms with Crippen molar-refractivity contribution < 1.29 is 42.7 Å². The van der Waals surface area contributed by atoms with Gasteiger partial charge in [0.1, 0.15) is 12.1 Å². The number of ketones is 3. The van der Waals surface area contributed by atoms with Gasteiger partial charge in [-0.15, -0.1) is 54.4 Å². The molecule has 5 aromatic heterocycles. The van der Waals surface area contributed by atoms with Crippen LogP contribution in [0.25, 0.3) is 0 Å². The van der Waals surface area contributed by atoms with Crippen LogP contribution in [-0.2, 0) is 14.4 Å². The van der Waals surface area contributed by atoms with E-state index in [-0.39, 0.29) is 28.7 Å². The first-order valence-corrected chi connectivity index (χ1v) is 21.6. The molecule has 2 unspecified atom stereocenters. The fraction of sp³-hybridized carbons (Fsp3) is 0.421. The van der Waals surface area contributed by atoms with E-state index in [9.17, 15) is 28.8 Å². The molecule has 3 N–H and O–H groups in total. The topological polar surface area (TPSA) is 231 Å². The molecule has 17 nitrogen and oxygen atoms in total. The molecule has 4 saturated heterocycles. The van der Waals surface area contributed by atoms with Gasteiger partial charge in [-0.2, -0.15) is 0 Å². The first-order chi connectivity index (χ1) is 28.2. The summed E-state index contributed by atoms with van der Waals surface area (Å²) in [6, 6.07) is 9.45. The maximum atomic E-state index is 12.8. The van der Waals surface area contributed by atoms with Gasteiger partial charge in [-0.05, 0) is 98.8 Å². The van der Waals surface area contributed by atoms with Gasteiger partial charge in [0, 0.05) is 13.1 Å². The molecule has 5 aromatic rings. The van der Waals surface area contributed by atoms with Crippen molar-refractivity contribution in [2.75, 3.05) is 26.2 Å². The van der Waals surface area contributed by atoms with E-state index in [2.05, 4.69) is 31.0 Å². The summed E-state index contributed by atoms with van der Waals surface area (Å²) < 4.78 is 11.6. The van der Waals surface area contributed by atoms with Crippen molar-refractivity contribution in [1.29, 1.82) is 0 Å². The Hall–Kier alpha value is -5.28. The number of carbonyl (C=O) groups excluding carboxylic acids is 5. The fourth-order valence-electron chi connectivity index (χ4n) is 7.17. The van der Waals surface area contributed by atoms with E-state index in [1.54, 1.807) is 46.5 Å². The number of aliphatic carboxylic acids is 1. The number of carboxylic acid groups (broad SMARTS) is 1. The molecule has 4 aliphatic heterocycles. The molecule has 4 atom stereocenters. The molecular formula is C38H40N8O9S3. The first kappa shape index (κ1) is 40.9. The van der Waals surface area contributed by atoms with Gasteiger partial charge in [-0.25, -0.2) is 4.79 Å². The number of thiophene rings is 3. The number of rotatable bonds is 10. The average molecular weight is 849 g/mol. The van der Waals surface area contributed by atoms with Crippen LogP contribution in [0.5, 0.6) is 0 Å². The Morgan fingerprint density at radius 1 is 0.569 bits per heavy atom. The largest absolute Gasteiger partial charge is 0.475 e. The highest BCUT2D eigenvalue weighted by Gasteiger charge is 2.40. The molecule has 58 heavy (non-hydrogen) atoms. The maximum absolute atomic E-state index is 12.8.